The fraction of sp³-hybridized carbons (Fsp3) is 0.364. The van der Waals surface area contributed by atoms with E-state index in [9.17, 15) is 18.0 Å². The third kappa shape index (κ3) is 6.16. The second kappa shape index (κ2) is 11.4. The maximum absolute atomic E-state index is 12.9. The van der Waals surface area contributed by atoms with Crippen molar-refractivity contribution in [2.75, 3.05) is 39.2 Å². The second-order valence-corrected chi connectivity index (χ2v) is 9.20. The molecule has 2 rings (SSSR count). The van der Waals surface area contributed by atoms with Crippen LogP contribution < -0.4 is 14.8 Å². The Morgan fingerprint density at radius 3 is 2.30 bits per heavy atom. The quantitative estimate of drug-likeness (QED) is 0.499. The molecule has 33 heavy (non-hydrogen) atoms. The summed E-state index contributed by atoms with van der Waals surface area (Å²) in [5, 5.41) is 2.69. The fourth-order valence-corrected chi connectivity index (χ4v) is 5.10. The van der Waals surface area contributed by atoms with Crippen LogP contribution in [0.2, 0.25) is 5.02 Å². The molecule has 0 saturated heterocycles. The zero-order chi connectivity index (χ0) is 24.8. The molecule has 0 bridgehead atoms. The monoisotopic (exact) mass is 498 g/mol. The van der Waals surface area contributed by atoms with Crippen LogP contribution in [0.15, 0.2) is 35.2 Å². The van der Waals surface area contributed by atoms with E-state index in [1.54, 1.807) is 32.9 Å². The number of anilines is 1. The van der Waals surface area contributed by atoms with Gasteiger partial charge in [-0.2, -0.15) is 4.31 Å². The average molecular weight is 499 g/mol. The van der Waals surface area contributed by atoms with Crippen LogP contribution in [0.1, 0.15) is 29.8 Å². The van der Waals surface area contributed by atoms with Gasteiger partial charge in [0.15, 0.2) is 18.1 Å². The van der Waals surface area contributed by atoms with Crippen molar-refractivity contribution in [1.29, 1.82) is 0 Å². The van der Waals surface area contributed by atoms with Crippen molar-refractivity contribution in [3.05, 3.63) is 46.5 Å². The molecule has 0 aromatic heterocycles. The Morgan fingerprint density at radius 1 is 1.06 bits per heavy atom. The fourth-order valence-electron chi connectivity index (χ4n) is 3.11. The number of aryl methyl sites for hydroxylation is 1. The van der Waals surface area contributed by atoms with Crippen molar-refractivity contribution >= 4 is 39.2 Å². The van der Waals surface area contributed by atoms with Gasteiger partial charge < -0.3 is 19.5 Å². The average Bonchev–Trinajstić information content (AvgIpc) is 2.78. The van der Waals surface area contributed by atoms with E-state index in [0.717, 1.165) is 0 Å². The smallest absolute Gasteiger partial charge is 0.338 e. The Balaban J connectivity index is 2.12. The van der Waals surface area contributed by atoms with E-state index < -0.39 is 28.5 Å². The lowest BCUT2D eigenvalue weighted by Crippen LogP contribution is -2.31. The minimum Gasteiger partial charge on any atom is -0.493 e. The number of carbonyl (C=O) groups is 2. The van der Waals surface area contributed by atoms with Crippen molar-refractivity contribution in [3.8, 4) is 11.5 Å². The van der Waals surface area contributed by atoms with Crippen molar-refractivity contribution in [3.63, 3.8) is 0 Å². The first-order chi connectivity index (χ1) is 15.6. The number of sulfonamides is 1. The number of amides is 1. The molecule has 9 nitrogen and oxygen atoms in total. The van der Waals surface area contributed by atoms with Gasteiger partial charge >= 0.3 is 5.97 Å². The third-order valence-electron chi connectivity index (χ3n) is 4.80. The zero-order valence-corrected chi connectivity index (χ0v) is 20.7. The number of hydrogen-bond donors (Lipinski definition) is 1. The van der Waals surface area contributed by atoms with Gasteiger partial charge in [-0.25, -0.2) is 13.2 Å². The van der Waals surface area contributed by atoms with Crippen LogP contribution in [-0.4, -0.2) is 58.5 Å². The molecule has 0 fully saturated rings. The van der Waals surface area contributed by atoms with E-state index in [2.05, 4.69) is 5.32 Å². The maximum atomic E-state index is 12.9. The topological polar surface area (TPSA) is 111 Å². The summed E-state index contributed by atoms with van der Waals surface area (Å²) in [5.74, 6) is -0.919. The Morgan fingerprint density at radius 2 is 1.73 bits per heavy atom. The lowest BCUT2D eigenvalue weighted by molar-refractivity contribution is -0.119. The number of carbonyl (C=O) groups excluding carboxylic acids is 2. The summed E-state index contributed by atoms with van der Waals surface area (Å²) in [7, 11) is -0.898. The molecule has 0 atom stereocenters. The molecule has 2 aromatic rings. The molecule has 1 amide bonds. The van der Waals surface area contributed by atoms with Gasteiger partial charge in [0.1, 0.15) is 0 Å². The standard InChI is InChI=1S/C22H27ClN2O7S/c1-6-25(7-2)33(28,29)19-12-16(9-8-14(19)3)24-20(26)13-32-22(27)15-10-17(23)21(31-5)18(11-15)30-4/h8-12H,6-7,13H2,1-5H3,(H,24,26). The van der Waals surface area contributed by atoms with Gasteiger partial charge in [0.05, 0.1) is 29.7 Å². The maximum Gasteiger partial charge on any atom is 0.338 e. The molecule has 0 saturated carbocycles. The van der Waals surface area contributed by atoms with Crippen molar-refractivity contribution in [2.24, 2.45) is 0 Å². The summed E-state index contributed by atoms with van der Waals surface area (Å²) in [6, 6.07) is 7.29. The summed E-state index contributed by atoms with van der Waals surface area (Å²) in [4.78, 5) is 24.8. The predicted molar refractivity (Wildman–Crippen MR) is 125 cm³/mol. The van der Waals surface area contributed by atoms with Crippen LogP contribution in [0.4, 0.5) is 5.69 Å². The molecule has 0 aliphatic heterocycles. The highest BCUT2D eigenvalue weighted by atomic mass is 35.5. The summed E-state index contributed by atoms with van der Waals surface area (Å²) < 4.78 is 42.4. The lowest BCUT2D eigenvalue weighted by atomic mass is 10.2. The summed E-state index contributed by atoms with van der Waals surface area (Å²) in [5.41, 5.74) is 0.895. The number of benzene rings is 2. The molecule has 0 aliphatic rings. The minimum atomic E-state index is -3.71. The van der Waals surface area contributed by atoms with Gasteiger partial charge in [-0.3, -0.25) is 4.79 Å². The Labute approximate surface area is 198 Å². The summed E-state index contributed by atoms with van der Waals surface area (Å²) >= 11 is 6.09. The van der Waals surface area contributed by atoms with E-state index in [1.807, 2.05) is 0 Å². The van der Waals surface area contributed by atoms with Crippen molar-refractivity contribution in [1.82, 2.24) is 4.31 Å². The first kappa shape index (κ1) is 26.4. The predicted octanol–water partition coefficient (Wildman–Crippen LogP) is 3.49. The van der Waals surface area contributed by atoms with E-state index in [4.69, 9.17) is 25.8 Å². The Kier molecular flexibility index (Phi) is 9.09. The van der Waals surface area contributed by atoms with Crippen molar-refractivity contribution < 1.29 is 32.2 Å². The van der Waals surface area contributed by atoms with Gasteiger partial charge in [0, 0.05) is 18.8 Å². The number of rotatable bonds is 10. The van der Waals surface area contributed by atoms with E-state index in [0.29, 0.717) is 18.7 Å². The van der Waals surface area contributed by atoms with Crippen molar-refractivity contribution in [2.45, 2.75) is 25.7 Å². The lowest BCUT2D eigenvalue weighted by Gasteiger charge is -2.20. The van der Waals surface area contributed by atoms with Crippen LogP contribution in [0.5, 0.6) is 11.5 Å². The number of ether oxygens (including phenoxy) is 3. The number of esters is 1. The summed E-state index contributed by atoms with van der Waals surface area (Å²) in [6.07, 6.45) is 0. The molecule has 180 valence electrons. The molecular formula is C22H27ClN2O7S. The van der Waals surface area contributed by atoms with Gasteiger partial charge in [-0.05, 0) is 36.8 Å². The third-order valence-corrected chi connectivity index (χ3v) is 7.27. The van der Waals surface area contributed by atoms with Crippen LogP contribution in [0.3, 0.4) is 0 Å². The largest absolute Gasteiger partial charge is 0.493 e. The highest BCUT2D eigenvalue weighted by Gasteiger charge is 2.24. The first-order valence-electron chi connectivity index (χ1n) is 10.1. The normalized spacial score (nSPS) is 11.2. The van der Waals surface area contributed by atoms with Crippen LogP contribution in [-0.2, 0) is 19.6 Å². The molecule has 2 aromatic carbocycles. The molecule has 0 spiro atoms. The Hall–Kier alpha value is -2.82. The molecule has 11 heteroatoms. The number of hydrogen-bond acceptors (Lipinski definition) is 7. The number of halogens is 1. The van der Waals surface area contributed by atoms with E-state index in [1.165, 1.54) is 36.7 Å². The SMILES string of the molecule is CCN(CC)S(=O)(=O)c1cc(NC(=O)COC(=O)c2cc(Cl)c(OC)c(OC)c2)ccc1C. The highest BCUT2D eigenvalue weighted by Crippen LogP contribution is 2.36. The molecule has 0 aliphatic carbocycles. The van der Waals surface area contributed by atoms with Gasteiger partial charge in [0.25, 0.3) is 5.91 Å². The first-order valence-corrected chi connectivity index (χ1v) is 11.9. The van der Waals surface area contributed by atoms with Crippen LogP contribution in [0, 0.1) is 6.92 Å². The highest BCUT2D eigenvalue weighted by molar-refractivity contribution is 7.89. The van der Waals surface area contributed by atoms with E-state index >= 15 is 0 Å². The zero-order valence-electron chi connectivity index (χ0n) is 19.1. The molecular weight excluding hydrogens is 472 g/mol. The Bertz CT molecular complexity index is 1130. The van der Waals surface area contributed by atoms with Gasteiger partial charge in [0.2, 0.25) is 10.0 Å². The van der Waals surface area contributed by atoms with Gasteiger partial charge in [-0.15, -0.1) is 0 Å². The minimum absolute atomic E-state index is 0.0772. The van der Waals surface area contributed by atoms with Crippen LogP contribution >= 0.6 is 11.6 Å². The number of nitrogens with one attached hydrogen (secondary N) is 1. The second-order valence-electron chi connectivity index (χ2n) is 6.89. The molecule has 0 heterocycles. The van der Waals surface area contributed by atoms with E-state index in [-0.39, 0.29) is 32.7 Å². The number of methoxy groups -OCH3 is 2. The summed E-state index contributed by atoms with van der Waals surface area (Å²) in [6.45, 7) is 5.24. The molecule has 0 radical (unpaired) electrons. The molecule has 1 N–H and O–H groups in total. The number of nitrogens with zero attached hydrogens (tertiary/aromatic N) is 1. The van der Waals surface area contributed by atoms with Gasteiger partial charge in [-0.1, -0.05) is 31.5 Å². The van der Waals surface area contributed by atoms with Crippen LogP contribution in [0.25, 0.3) is 0 Å². The molecule has 0 unspecified atom stereocenters.